The predicted octanol–water partition coefficient (Wildman–Crippen LogP) is 2.56. The van der Waals surface area contributed by atoms with Gasteiger partial charge < -0.3 is 20.5 Å². The number of carbonyl (C=O) groups excluding carboxylic acids is 1. The molecule has 6 nitrogen and oxygen atoms in total. The number of aromatic nitrogens is 1. The molecular formula is C18H18F3N3O3. The highest BCUT2D eigenvalue weighted by molar-refractivity contribution is 5.94. The maximum absolute atomic E-state index is 13.0. The molecule has 2 aromatic rings. The number of carbonyl (C=O) groups is 1. The largest absolute Gasteiger partial charge is 0.439 e. The van der Waals surface area contributed by atoms with Crippen LogP contribution in [-0.2, 0) is 12.7 Å². The van der Waals surface area contributed by atoms with E-state index in [2.05, 4.69) is 4.98 Å². The number of β-amino-alcohol motifs (C(OH)–C–C–N with tert-alkyl or cyclic N) is 1. The topological polar surface area (TPSA) is 88.7 Å². The van der Waals surface area contributed by atoms with Crippen LogP contribution in [0.15, 0.2) is 36.4 Å². The van der Waals surface area contributed by atoms with Crippen molar-refractivity contribution in [3.8, 4) is 11.6 Å². The molecule has 3 rings (SSSR count). The summed E-state index contributed by atoms with van der Waals surface area (Å²) in [4.78, 5) is 17.5. The second-order valence-electron chi connectivity index (χ2n) is 6.22. The summed E-state index contributed by atoms with van der Waals surface area (Å²) in [5.41, 5.74) is 4.89. The molecule has 0 spiro atoms. The number of amides is 1. The van der Waals surface area contributed by atoms with Gasteiger partial charge in [-0.2, -0.15) is 13.2 Å². The Labute approximate surface area is 153 Å². The van der Waals surface area contributed by atoms with Gasteiger partial charge in [0.15, 0.2) is 0 Å². The summed E-state index contributed by atoms with van der Waals surface area (Å²) in [6, 6.07) is 8.26. The van der Waals surface area contributed by atoms with Gasteiger partial charge in [-0.1, -0.05) is 6.07 Å². The van der Waals surface area contributed by atoms with Gasteiger partial charge in [0, 0.05) is 31.3 Å². The molecule has 0 bridgehead atoms. The number of nitrogens with two attached hydrogens (primary N) is 1. The molecular weight excluding hydrogens is 363 g/mol. The van der Waals surface area contributed by atoms with E-state index < -0.39 is 18.0 Å². The number of hydrogen-bond donors (Lipinski definition) is 2. The summed E-state index contributed by atoms with van der Waals surface area (Å²) in [7, 11) is 0. The molecule has 1 saturated heterocycles. The van der Waals surface area contributed by atoms with Crippen molar-refractivity contribution in [2.24, 2.45) is 5.73 Å². The van der Waals surface area contributed by atoms with Gasteiger partial charge in [-0.3, -0.25) is 4.79 Å². The molecule has 0 saturated carbocycles. The average molecular weight is 381 g/mol. The van der Waals surface area contributed by atoms with Crippen LogP contribution in [0.3, 0.4) is 0 Å². The molecule has 1 amide bonds. The second kappa shape index (κ2) is 7.53. The highest BCUT2D eigenvalue weighted by Gasteiger charge is 2.33. The lowest BCUT2D eigenvalue weighted by atomic mass is 10.2. The number of aliphatic hydroxyl groups excluding tert-OH is 1. The molecule has 27 heavy (non-hydrogen) atoms. The molecule has 1 aromatic heterocycles. The minimum absolute atomic E-state index is 0.0994. The summed E-state index contributed by atoms with van der Waals surface area (Å²) in [6.45, 7) is 0.594. The van der Waals surface area contributed by atoms with E-state index in [4.69, 9.17) is 10.5 Å². The molecule has 9 heteroatoms. The predicted molar refractivity (Wildman–Crippen MR) is 90.2 cm³/mol. The van der Waals surface area contributed by atoms with Crippen LogP contribution in [0.25, 0.3) is 0 Å². The molecule has 1 atom stereocenters. The van der Waals surface area contributed by atoms with Gasteiger partial charge in [-0.15, -0.1) is 0 Å². The van der Waals surface area contributed by atoms with Crippen LogP contribution >= 0.6 is 0 Å². The Bertz CT molecular complexity index is 842. The molecule has 144 valence electrons. The van der Waals surface area contributed by atoms with Crippen molar-refractivity contribution in [2.75, 3.05) is 13.1 Å². The first-order chi connectivity index (χ1) is 12.8. The Morgan fingerprint density at radius 1 is 1.33 bits per heavy atom. The molecule has 3 N–H and O–H groups in total. The van der Waals surface area contributed by atoms with E-state index in [-0.39, 0.29) is 36.2 Å². The first-order valence-corrected chi connectivity index (χ1v) is 8.30. The maximum atomic E-state index is 13.0. The molecule has 0 aliphatic carbocycles. The fourth-order valence-corrected chi connectivity index (χ4v) is 2.80. The Morgan fingerprint density at radius 3 is 2.74 bits per heavy atom. The van der Waals surface area contributed by atoms with E-state index in [0.717, 1.165) is 6.07 Å². The summed E-state index contributed by atoms with van der Waals surface area (Å²) in [6.07, 6.45) is -4.66. The van der Waals surface area contributed by atoms with E-state index in [0.29, 0.717) is 18.5 Å². The third kappa shape index (κ3) is 4.55. The number of pyridine rings is 1. The van der Waals surface area contributed by atoms with Gasteiger partial charge in [0.2, 0.25) is 5.88 Å². The fraction of sp³-hybridized carbons (Fsp3) is 0.333. The van der Waals surface area contributed by atoms with Crippen LogP contribution in [0.5, 0.6) is 11.6 Å². The van der Waals surface area contributed by atoms with E-state index >= 15 is 0 Å². The van der Waals surface area contributed by atoms with Crippen molar-refractivity contribution >= 4 is 5.91 Å². The highest BCUT2D eigenvalue weighted by atomic mass is 19.4. The zero-order valence-corrected chi connectivity index (χ0v) is 14.2. The van der Waals surface area contributed by atoms with Gasteiger partial charge in [-0.25, -0.2) is 4.98 Å². The van der Waals surface area contributed by atoms with E-state index in [1.807, 2.05) is 0 Å². The normalized spacial score (nSPS) is 17.2. The van der Waals surface area contributed by atoms with E-state index in [9.17, 15) is 23.1 Å². The van der Waals surface area contributed by atoms with Gasteiger partial charge in [0.05, 0.1) is 6.10 Å². The van der Waals surface area contributed by atoms with E-state index in [1.165, 1.54) is 23.1 Å². The number of nitrogens with zero attached hydrogens (tertiary/aromatic N) is 2. The van der Waals surface area contributed by atoms with E-state index in [1.54, 1.807) is 12.1 Å². The summed E-state index contributed by atoms with van der Waals surface area (Å²) < 4.78 is 44.3. The van der Waals surface area contributed by atoms with Crippen molar-refractivity contribution in [1.82, 2.24) is 9.88 Å². The van der Waals surface area contributed by atoms with Crippen molar-refractivity contribution in [2.45, 2.75) is 25.2 Å². The van der Waals surface area contributed by atoms with Crippen LogP contribution < -0.4 is 10.5 Å². The lowest BCUT2D eigenvalue weighted by Crippen LogP contribution is -2.29. The number of hydrogen-bond acceptors (Lipinski definition) is 5. The summed E-state index contributed by atoms with van der Waals surface area (Å²) in [5, 5.41) is 9.56. The van der Waals surface area contributed by atoms with Crippen LogP contribution in [0.4, 0.5) is 13.2 Å². The zero-order chi connectivity index (χ0) is 19.6. The third-order valence-electron chi connectivity index (χ3n) is 4.14. The van der Waals surface area contributed by atoms with Crippen LogP contribution in [-0.4, -0.2) is 40.1 Å². The number of alkyl halides is 3. The lowest BCUT2D eigenvalue weighted by Gasteiger charge is -2.16. The standard InChI is InChI=1S/C18H18F3N3O3/c19-18(20,21)15-6-11(9-22)7-16(23-15)27-14-3-1-2-12(8-14)17(26)24-5-4-13(25)10-24/h1-3,6-8,13,25H,4-5,9-10,22H2/t13-/m0/s1. The minimum atomic E-state index is -4.63. The Hall–Kier alpha value is -2.65. The van der Waals surface area contributed by atoms with Gasteiger partial charge >= 0.3 is 6.18 Å². The Balaban J connectivity index is 1.83. The van der Waals surface area contributed by atoms with Gasteiger partial charge in [0.25, 0.3) is 5.91 Å². The molecule has 0 radical (unpaired) electrons. The van der Waals surface area contributed by atoms with Crippen molar-refractivity contribution in [3.63, 3.8) is 0 Å². The first kappa shape index (κ1) is 19.1. The first-order valence-electron chi connectivity index (χ1n) is 8.30. The number of ether oxygens (including phenoxy) is 1. The number of benzene rings is 1. The van der Waals surface area contributed by atoms with Crippen molar-refractivity contribution in [3.05, 3.63) is 53.2 Å². The molecule has 1 fully saturated rings. The van der Waals surface area contributed by atoms with Gasteiger partial charge in [-0.05, 0) is 36.2 Å². The van der Waals surface area contributed by atoms with Crippen LogP contribution in [0.1, 0.15) is 28.0 Å². The minimum Gasteiger partial charge on any atom is -0.439 e. The average Bonchev–Trinajstić information content (AvgIpc) is 3.06. The Morgan fingerprint density at radius 2 is 2.11 bits per heavy atom. The zero-order valence-electron chi connectivity index (χ0n) is 14.2. The molecule has 0 unspecified atom stereocenters. The number of rotatable bonds is 4. The van der Waals surface area contributed by atoms with Crippen LogP contribution in [0, 0.1) is 0 Å². The number of aliphatic hydroxyl groups is 1. The third-order valence-corrected chi connectivity index (χ3v) is 4.14. The number of likely N-dealkylation sites (tertiary alicyclic amines) is 1. The monoisotopic (exact) mass is 381 g/mol. The molecule has 1 aromatic carbocycles. The van der Waals surface area contributed by atoms with Crippen molar-refractivity contribution < 1.29 is 27.8 Å². The van der Waals surface area contributed by atoms with Crippen molar-refractivity contribution in [1.29, 1.82) is 0 Å². The van der Waals surface area contributed by atoms with Gasteiger partial charge in [0.1, 0.15) is 11.4 Å². The SMILES string of the molecule is NCc1cc(Oc2cccc(C(=O)N3CC[C@H](O)C3)c2)nc(C(F)(F)F)c1. The summed E-state index contributed by atoms with van der Waals surface area (Å²) in [5.74, 6) is -0.362. The second-order valence-corrected chi connectivity index (χ2v) is 6.22. The molecule has 2 heterocycles. The Kier molecular flexibility index (Phi) is 5.33. The number of halogens is 3. The summed E-state index contributed by atoms with van der Waals surface area (Å²) >= 11 is 0. The fourth-order valence-electron chi connectivity index (χ4n) is 2.80. The quantitative estimate of drug-likeness (QED) is 0.850. The lowest BCUT2D eigenvalue weighted by molar-refractivity contribution is -0.141. The smallest absolute Gasteiger partial charge is 0.433 e. The molecule has 1 aliphatic rings. The molecule has 1 aliphatic heterocycles. The highest BCUT2D eigenvalue weighted by Crippen LogP contribution is 2.31. The van der Waals surface area contributed by atoms with Crippen LogP contribution in [0.2, 0.25) is 0 Å². The maximum Gasteiger partial charge on any atom is 0.433 e.